The molecule has 0 amide bonds. The van der Waals surface area contributed by atoms with Crippen LogP contribution in [0.4, 0.5) is 5.69 Å². The molecule has 0 aliphatic carbocycles. The predicted molar refractivity (Wildman–Crippen MR) is 111 cm³/mol. The van der Waals surface area contributed by atoms with Gasteiger partial charge in [-0.1, -0.05) is 12.1 Å². The van der Waals surface area contributed by atoms with Gasteiger partial charge in [0.25, 0.3) is 5.69 Å². The van der Waals surface area contributed by atoms with E-state index in [-0.39, 0.29) is 5.69 Å². The van der Waals surface area contributed by atoms with E-state index in [1.807, 2.05) is 28.8 Å². The molecule has 0 radical (unpaired) electrons. The summed E-state index contributed by atoms with van der Waals surface area (Å²) >= 11 is 0. The van der Waals surface area contributed by atoms with Crippen LogP contribution in [0, 0.1) is 21.4 Å². The Morgan fingerprint density at radius 3 is 2.90 bits per heavy atom. The molecule has 4 aromatic rings. The molecule has 0 atom stereocenters. The molecule has 0 aliphatic heterocycles. The fourth-order valence-corrected chi connectivity index (χ4v) is 3.18. The number of methoxy groups -OCH3 is 1. The number of rotatable bonds is 6. The van der Waals surface area contributed by atoms with Gasteiger partial charge in [0, 0.05) is 0 Å². The molecule has 0 aliphatic rings. The van der Waals surface area contributed by atoms with Crippen LogP contribution in [0.15, 0.2) is 70.9 Å². The van der Waals surface area contributed by atoms with Gasteiger partial charge in [-0.2, -0.15) is 5.26 Å². The highest BCUT2D eigenvalue weighted by Gasteiger charge is 2.19. The number of nitrogens with zero attached hydrogens (tertiary/aromatic N) is 4. The van der Waals surface area contributed by atoms with Gasteiger partial charge in [0.05, 0.1) is 59.2 Å². The van der Waals surface area contributed by atoms with Crippen LogP contribution < -0.4 is 4.74 Å². The molecular weight excluding hydrogens is 384 g/mol. The highest BCUT2D eigenvalue weighted by molar-refractivity contribution is 5.75. The van der Waals surface area contributed by atoms with Gasteiger partial charge in [-0.25, -0.2) is 4.98 Å². The molecular formula is C22H16N4O4. The van der Waals surface area contributed by atoms with Crippen LogP contribution in [0.5, 0.6) is 5.75 Å². The van der Waals surface area contributed by atoms with Crippen molar-refractivity contribution in [3.8, 4) is 23.1 Å². The molecule has 0 fully saturated rings. The first kappa shape index (κ1) is 19.0. The third kappa shape index (κ3) is 3.64. The summed E-state index contributed by atoms with van der Waals surface area (Å²) in [4.78, 5) is 15.3. The summed E-state index contributed by atoms with van der Waals surface area (Å²) in [6, 6.07) is 17.7. The average Bonchev–Trinajstić information content (AvgIpc) is 3.40. The second-order valence-electron chi connectivity index (χ2n) is 6.48. The maximum Gasteiger partial charge on any atom is 0.284 e. The molecule has 8 nitrogen and oxygen atoms in total. The molecule has 0 saturated heterocycles. The van der Waals surface area contributed by atoms with E-state index in [9.17, 15) is 15.4 Å². The van der Waals surface area contributed by atoms with E-state index in [1.54, 1.807) is 36.7 Å². The van der Waals surface area contributed by atoms with E-state index in [4.69, 9.17) is 9.15 Å². The van der Waals surface area contributed by atoms with Gasteiger partial charge in [0.2, 0.25) is 0 Å². The third-order valence-corrected chi connectivity index (χ3v) is 4.62. The molecule has 2 heterocycles. The van der Waals surface area contributed by atoms with Crippen molar-refractivity contribution in [1.82, 2.24) is 9.55 Å². The Bertz CT molecular complexity index is 1310. The first-order valence-electron chi connectivity index (χ1n) is 9.02. The molecule has 148 valence electrons. The van der Waals surface area contributed by atoms with Crippen LogP contribution >= 0.6 is 0 Å². The van der Waals surface area contributed by atoms with Crippen LogP contribution in [-0.2, 0) is 6.54 Å². The zero-order valence-electron chi connectivity index (χ0n) is 16.0. The van der Waals surface area contributed by atoms with E-state index in [2.05, 4.69) is 11.1 Å². The molecule has 4 rings (SSSR count). The minimum atomic E-state index is -0.485. The second kappa shape index (κ2) is 7.93. The second-order valence-corrected chi connectivity index (χ2v) is 6.48. The number of hydrogen-bond acceptors (Lipinski definition) is 6. The number of hydrogen-bond donors (Lipinski definition) is 0. The van der Waals surface area contributed by atoms with E-state index in [1.165, 1.54) is 13.2 Å². The van der Waals surface area contributed by atoms with Crippen LogP contribution in [-0.4, -0.2) is 21.6 Å². The number of nitro benzene ring substituents is 1. The summed E-state index contributed by atoms with van der Waals surface area (Å²) in [6.07, 6.45) is 3.30. The Labute approximate surface area is 171 Å². The lowest BCUT2D eigenvalue weighted by atomic mass is 10.1. The summed E-state index contributed by atoms with van der Waals surface area (Å²) < 4.78 is 12.7. The van der Waals surface area contributed by atoms with Crippen molar-refractivity contribution in [2.24, 2.45) is 0 Å². The van der Waals surface area contributed by atoms with Crippen molar-refractivity contribution in [3.63, 3.8) is 0 Å². The monoisotopic (exact) mass is 400 g/mol. The van der Waals surface area contributed by atoms with Gasteiger partial charge in [0.1, 0.15) is 17.3 Å². The van der Waals surface area contributed by atoms with Crippen molar-refractivity contribution in [2.45, 2.75) is 6.54 Å². The Balaban J connectivity index is 1.64. The summed E-state index contributed by atoms with van der Waals surface area (Å²) in [5, 5.41) is 21.0. The number of fused-ring (bicyclic) bond motifs is 1. The van der Waals surface area contributed by atoms with Crippen LogP contribution in [0.2, 0.25) is 0 Å². The normalized spacial score (nSPS) is 11.4. The Hall–Kier alpha value is -4.38. The molecule has 2 aromatic carbocycles. The van der Waals surface area contributed by atoms with Crippen molar-refractivity contribution in [3.05, 3.63) is 82.4 Å². The number of ether oxygens (including phenoxy) is 1. The lowest BCUT2D eigenvalue weighted by Crippen LogP contribution is -1.98. The number of nitriles is 1. The number of nitro groups is 1. The molecule has 0 bridgehead atoms. The molecule has 0 unspecified atom stereocenters. The minimum Gasteiger partial charge on any atom is -0.497 e. The molecule has 0 saturated carbocycles. The van der Waals surface area contributed by atoms with Crippen molar-refractivity contribution >= 4 is 22.8 Å². The predicted octanol–water partition coefficient (Wildman–Crippen LogP) is 4.82. The zero-order valence-corrected chi connectivity index (χ0v) is 16.0. The van der Waals surface area contributed by atoms with Gasteiger partial charge in [-0.15, -0.1) is 0 Å². The van der Waals surface area contributed by atoms with Crippen LogP contribution in [0.3, 0.4) is 0 Å². The highest BCUT2D eigenvalue weighted by Crippen LogP contribution is 2.34. The molecule has 8 heteroatoms. The maximum atomic E-state index is 11.4. The van der Waals surface area contributed by atoms with E-state index in [0.29, 0.717) is 35.0 Å². The van der Waals surface area contributed by atoms with Crippen molar-refractivity contribution in [1.29, 1.82) is 5.26 Å². The highest BCUT2D eigenvalue weighted by atomic mass is 16.6. The average molecular weight is 400 g/mol. The zero-order chi connectivity index (χ0) is 21.1. The minimum absolute atomic E-state index is 0.121. The number of aromatic nitrogens is 2. The fourth-order valence-electron chi connectivity index (χ4n) is 3.18. The quantitative estimate of drug-likeness (QED) is 0.261. The van der Waals surface area contributed by atoms with E-state index >= 15 is 0 Å². The van der Waals surface area contributed by atoms with E-state index < -0.39 is 4.92 Å². The van der Waals surface area contributed by atoms with Gasteiger partial charge < -0.3 is 13.7 Å². The standard InChI is InChI=1S/C22H16N4O4/c1-29-16-6-8-18(21(11-16)26(27)28)22-9-7-17(30-22)10-15(12-23)13-25-14-24-19-4-2-3-5-20(19)25/h2-11,14H,13H2,1H3/b15-10-. The summed E-state index contributed by atoms with van der Waals surface area (Å²) in [7, 11) is 1.45. The van der Waals surface area contributed by atoms with Crippen molar-refractivity contribution < 1.29 is 14.1 Å². The first-order chi connectivity index (χ1) is 14.6. The smallest absolute Gasteiger partial charge is 0.284 e. The third-order valence-electron chi connectivity index (χ3n) is 4.62. The number of imidazole rings is 1. The van der Waals surface area contributed by atoms with Gasteiger partial charge in [-0.05, 0) is 42.5 Å². The fraction of sp³-hybridized carbons (Fsp3) is 0.0909. The topological polar surface area (TPSA) is 107 Å². The lowest BCUT2D eigenvalue weighted by molar-refractivity contribution is -0.384. The van der Waals surface area contributed by atoms with Crippen molar-refractivity contribution in [2.75, 3.05) is 7.11 Å². The maximum absolute atomic E-state index is 11.4. The molecule has 0 spiro atoms. The summed E-state index contributed by atoms with van der Waals surface area (Å²) in [5.41, 5.74) is 2.45. The largest absolute Gasteiger partial charge is 0.497 e. The summed E-state index contributed by atoms with van der Waals surface area (Å²) in [6.45, 7) is 0.329. The Morgan fingerprint density at radius 1 is 1.30 bits per heavy atom. The van der Waals surface area contributed by atoms with Crippen LogP contribution in [0.1, 0.15) is 5.76 Å². The molecule has 30 heavy (non-hydrogen) atoms. The van der Waals surface area contributed by atoms with Crippen LogP contribution in [0.25, 0.3) is 28.4 Å². The van der Waals surface area contributed by atoms with E-state index in [0.717, 1.165) is 11.0 Å². The Morgan fingerprint density at radius 2 is 2.13 bits per heavy atom. The van der Waals surface area contributed by atoms with Gasteiger partial charge >= 0.3 is 0 Å². The lowest BCUT2D eigenvalue weighted by Gasteiger charge is -2.04. The summed E-state index contributed by atoms with van der Waals surface area (Å²) in [5.74, 6) is 1.15. The van der Waals surface area contributed by atoms with Gasteiger partial charge in [-0.3, -0.25) is 10.1 Å². The SMILES string of the molecule is COc1ccc(-c2ccc(/C=C(/C#N)Cn3cnc4ccccc43)o2)c([N+](=O)[O-])c1. The number of benzene rings is 2. The Kier molecular flexibility index (Phi) is 5.01. The first-order valence-corrected chi connectivity index (χ1v) is 9.02. The van der Waals surface area contributed by atoms with Gasteiger partial charge in [0.15, 0.2) is 0 Å². The number of allylic oxidation sites excluding steroid dienone is 1. The molecule has 0 N–H and O–H groups in total. The number of furan rings is 1. The molecule has 2 aromatic heterocycles. The number of para-hydroxylation sites is 2.